The van der Waals surface area contributed by atoms with Crippen molar-refractivity contribution in [1.82, 2.24) is 9.71 Å². The average molecular weight is 312 g/mol. The Bertz CT molecular complexity index is 593. The summed E-state index contributed by atoms with van der Waals surface area (Å²) in [6, 6.07) is 2.92. The quantitative estimate of drug-likeness (QED) is 0.864. The maximum atomic E-state index is 12.3. The Morgan fingerprint density at radius 1 is 1.48 bits per heavy atom. The van der Waals surface area contributed by atoms with Crippen LogP contribution in [0.15, 0.2) is 29.4 Å². The number of carboxylic acid groups (broad SMARTS) is 1. The van der Waals surface area contributed by atoms with Gasteiger partial charge < -0.3 is 5.11 Å². The molecule has 0 unspecified atom stereocenters. The van der Waals surface area contributed by atoms with Gasteiger partial charge in [-0.15, -0.1) is 0 Å². The molecule has 0 spiro atoms. The van der Waals surface area contributed by atoms with E-state index in [0.717, 1.165) is 19.3 Å². The van der Waals surface area contributed by atoms with E-state index < -0.39 is 21.5 Å². The number of aliphatic carboxylic acids is 1. The van der Waals surface area contributed by atoms with E-state index in [1.165, 1.54) is 24.5 Å². The van der Waals surface area contributed by atoms with Crippen molar-refractivity contribution in [3.63, 3.8) is 0 Å². The van der Waals surface area contributed by atoms with E-state index in [1.807, 2.05) is 0 Å². The van der Waals surface area contributed by atoms with E-state index in [-0.39, 0.29) is 4.90 Å². The van der Waals surface area contributed by atoms with Crippen molar-refractivity contribution in [2.45, 2.75) is 49.5 Å². The zero-order valence-electron chi connectivity index (χ0n) is 11.9. The van der Waals surface area contributed by atoms with Crippen LogP contribution < -0.4 is 4.72 Å². The van der Waals surface area contributed by atoms with Gasteiger partial charge in [0, 0.05) is 12.4 Å². The van der Waals surface area contributed by atoms with Crippen LogP contribution in [0.25, 0.3) is 0 Å². The molecule has 0 aliphatic heterocycles. The number of hydrogen-bond acceptors (Lipinski definition) is 4. The van der Waals surface area contributed by atoms with Crippen molar-refractivity contribution in [2.75, 3.05) is 0 Å². The Kier molecular flexibility index (Phi) is 4.63. The van der Waals surface area contributed by atoms with Gasteiger partial charge in [0.25, 0.3) is 0 Å². The minimum absolute atomic E-state index is 0.0109. The highest BCUT2D eigenvalue weighted by Crippen LogP contribution is 2.35. The van der Waals surface area contributed by atoms with Crippen LogP contribution in [0.3, 0.4) is 0 Å². The number of sulfonamides is 1. The number of nitrogens with zero attached hydrogens (tertiary/aromatic N) is 1. The molecule has 1 aliphatic carbocycles. The molecule has 21 heavy (non-hydrogen) atoms. The molecule has 0 radical (unpaired) electrons. The van der Waals surface area contributed by atoms with Gasteiger partial charge in [-0.05, 0) is 43.7 Å². The minimum Gasteiger partial charge on any atom is -0.480 e. The van der Waals surface area contributed by atoms with Crippen LogP contribution in [0.1, 0.15) is 39.0 Å². The summed E-state index contributed by atoms with van der Waals surface area (Å²) in [5.41, 5.74) is -1.40. The number of rotatable bonds is 5. The topological polar surface area (TPSA) is 96.4 Å². The summed E-state index contributed by atoms with van der Waals surface area (Å²) in [5, 5.41) is 9.52. The van der Waals surface area contributed by atoms with Gasteiger partial charge in [-0.2, -0.15) is 4.72 Å². The Labute approximate surface area is 124 Å². The molecule has 0 aromatic carbocycles. The summed E-state index contributed by atoms with van der Waals surface area (Å²) in [6.45, 7) is 2.07. The Balaban J connectivity index is 2.24. The predicted octanol–water partition coefficient (Wildman–Crippen LogP) is 1.78. The molecular formula is C14H20N2O4S. The fourth-order valence-electron chi connectivity index (χ4n) is 2.76. The zero-order valence-corrected chi connectivity index (χ0v) is 12.8. The first-order chi connectivity index (χ1) is 9.89. The van der Waals surface area contributed by atoms with Crippen molar-refractivity contribution in [2.24, 2.45) is 5.92 Å². The van der Waals surface area contributed by atoms with Gasteiger partial charge >= 0.3 is 5.97 Å². The fourth-order valence-corrected chi connectivity index (χ4v) is 4.14. The van der Waals surface area contributed by atoms with Crippen molar-refractivity contribution < 1.29 is 18.3 Å². The van der Waals surface area contributed by atoms with Gasteiger partial charge in [0.2, 0.25) is 10.0 Å². The molecule has 0 amide bonds. The third kappa shape index (κ3) is 3.41. The van der Waals surface area contributed by atoms with Gasteiger partial charge in [-0.3, -0.25) is 9.78 Å². The van der Waals surface area contributed by atoms with E-state index in [4.69, 9.17) is 0 Å². The Morgan fingerprint density at radius 3 is 2.62 bits per heavy atom. The van der Waals surface area contributed by atoms with Gasteiger partial charge in [-0.25, -0.2) is 8.42 Å². The molecule has 6 nitrogen and oxygen atoms in total. The summed E-state index contributed by atoms with van der Waals surface area (Å²) in [6.07, 6.45) is 5.76. The maximum Gasteiger partial charge on any atom is 0.324 e. The second-order valence-corrected chi connectivity index (χ2v) is 7.22. The van der Waals surface area contributed by atoms with Crippen LogP contribution in [-0.2, 0) is 14.8 Å². The minimum atomic E-state index is -3.88. The highest BCUT2D eigenvalue weighted by atomic mass is 32.2. The molecule has 1 fully saturated rings. The number of pyridine rings is 1. The Hall–Kier alpha value is -1.47. The van der Waals surface area contributed by atoms with Gasteiger partial charge in [-0.1, -0.05) is 13.3 Å². The summed E-state index contributed by atoms with van der Waals surface area (Å²) < 4.78 is 27.1. The molecule has 0 bridgehead atoms. The molecule has 0 saturated heterocycles. The van der Waals surface area contributed by atoms with Crippen LogP contribution >= 0.6 is 0 Å². The first-order valence-corrected chi connectivity index (χ1v) is 8.55. The lowest BCUT2D eigenvalue weighted by atomic mass is 9.76. The van der Waals surface area contributed by atoms with E-state index in [0.29, 0.717) is 18.8 Å². The standard InChI is InChI=1S/C14H20N2O4S/c1-2-11-5-7-14(8-6-11,13(17)18)16-21(19,20)12-4-3-9-15-10-12/h3-4,9-11,16H,2,5-8H2,1H3,(H,17,18). The molecule has 1 saturated carbocycles. The van der Waals surface area contributed by atoms with Crippen molar-refractivity contribution >= 4 is 16.0 Å². The van der Waals surface area contributed by atoms with E-state index in [1.54, 1.807) is 0 Å². The number of carboxylic acids is 1. The summed E-state index contributed by atoms with van der Waals surface area (Å²) in [5.74, 6) is -0.634. The van der Waals surface area contributed by atoms with Crippen LogP contribution in [0, 0.1) is 5.92 Å². The molecular weight excluding hydrogens is 292 g/mol. The van der Waals surface area contributed by atoms with Crippen molar-refractivity contribution in [3.05, 3.63) is 24.5 Å². The summed E-state index contributed by atoms with van der Waals surface area (Å²) >= 11 is 0. The van der Waals surface area contributed by atoms with Gasteiger partial charge in [0.1, 0.15) is 10.4 Å². The van der Waals surface area contributed by atoms with Crippen LogP contribution in [0.5, 0.6) is 0 Å². The van der Waals surface area contributed by atoms with Crippen molar-refractivity contribution in [3.8, 4) is 0 Å². The second kappa shape index (κ2) is 6.11. The molecule has 1 heterocycles. The molecule has 1 aliphatic rings. The van der Waals surface area contributed by atoms with E-state index in [2.05, 4.69) is 16.6 Å². The molecule has 7 heteroatoms. The maximum absolute atomic E-state index is 12.3. The predicted molar refractivity (Wildman–Crippen MR) is 77.2 cm³/mol. The second-order valence-electron chi connectivity index (χ2n) is 5.53. The van der Waals surface area contributed by atoms with E-state index >= 15 is 0 Å². The van der Waals surface area contributed by atoms with Crippen LogP contribution in [0.2, 0.25) is 0 Å². The number of aromatic nitrogens is 1. The number of nitrogens with one attached hydrogen (secondary N) is 1. The SMILES string of the molecule is CCC1CCC(NS(=O)(=O)c2cccnc2)(C(=O)O)CC1. The van der Waals surface area contributed by atoms with Crippen LogP contribution in [0.4, 0.5) is 0 Å². The normalized spacial score (nSPS) is 26.4. The number of hydrogen-bond donors (Lipinski definition) is 2. The smallest absolute Gasteiger partial charge is 0.324 e. The van der Waals surface area contributed by atoms with Crippen molar-refractivity contribution in [1.29, 1.82) is 0 Å². The molecule has 1 aromatic heterocycles. The lowest BCUT2D eigenvalue weighted by molar-refractivity contribution is -0.145. The molecule has 2 rings (SSSR count). The third-order valence-corrected chi connectivity index (χ3v) is 5.74. The van der Waals surface area contributed by atoms with Gasteiger partial charge in [0.15, 0.2) is 0 Å². The Morgan fingerprint density at radius 2 is 2.14 bits per heavy atom. The summed E-state index contributed by atoms with van der Waals surface area (Å²) in [7, 11) is -3.88. The first kappa shape index (κ1) is 15.9. The van der Waals surface area contributed by atoms with Crippen LogP contribution in [-0.4, -0.2) is 30.0 Å². The largest absolute Gasteiger partial charge is 0.480 e. The highest BCUT2D eigenvalue weighted by molar-refractivity contribution is 7.89. The highest BCUT2D eigenvalue weighted by Gasteiger charge is 2.44. The number of carbonyl (C=O) groups is 1. The van der Waals surface area contributed by atoms with Gasteiger partial charge in [0.05, 0.1) is 0 Å². The average Bonchev–Trinajstić information content (AvgIpc) is 2.48. The third-order valence-electron chi connectivity index (χ3n) is 4.22. The van der Waals surface area contributed by atoms with E-state index in [9.17, 15) is 18.3 Å². The fraction of sp³-hybridized carbons (Fsp3) is 0.571. The molecule has 1 aromatic rings. The first-order valence-electron chi connectivity index (χ1n) is 7.07. The monoisotopic (exact) mass is 312 g/mol. The molecule has 0 atom stereocenters. The lowest BCUT2D eigenvalue weighted by Crippen LogP contribution is -2.56. The lowest BCUT2D eigenvalue weighted by Gasteiger charge is -2.36. The zero-order chi connectivity index (χ0) is 15.5. The molecule has 2 N–H and O–H groups in total. The summed E-state index contributed by atoms with van der Waals surface area (Å²) in [4.78, 5) is 15.4. The molecule has 116 valence electrons.